The van der Waals surface area contributed by atoms with Gasteiger partial charge in [0, 0.05) is 18.1 Å². The highest BCUT2D eigenvalue weighted by Gasteiger charge is 2.32. The van der Waals surface area contributed by atoms with Gasteiger partial charge in [0.15, 0.2) is 5.82 Å². The lowest BCUT2D eigenvalue weighted by molar-refractivity contribution is 0.100. The van der Waals surface area contributed by atoms with Crippen LogP contribution in [0.1, 0.15) is 87.5 Å². The first-order chi connectivity index (χ1) is 18.0. The predicted molar refractivity (Wildman–Crippen MR) is 149 cm³/mol. The van der Waals surface area contributed by atoms with E-state index < -0.39 is 5.91 Å². The van der Waals surface area contributed by atoms with Crippen LogP contribution in [0.4, 0.5) is 11.5 Å². The molecule has 0 unspecified atom stereocenters. The second-order valence-corrected chi connectivity index (χ2v) is 10.8. The number of rotatable bonds is 7. The summed E-state index contributed by atoms with van der Waals surface area (Å²) in [6, 6.07) is 15.9. The molecule has 1 aliphatic heterocycles. The molecule has 0 radical (unpaired) electrons. The molecule has 2 aromatic carbocycles. The number of anilines is 2. The Morgan fingerprint density at radius 3 is 2.49 bits per heavy atom. The van der Waals surface area contributed by atoms with Gasteiger partial charge in [-0.1, -0.05) is 56.4 Å². The summed E-state index contributed by atoms with van der Waals surface area (Å²) in [5, 5.41) is 3.12. The number of nitrogens with one attached hydrogen (secondary N) is 1. The van der Waals surface area contributed by atoms with Crippen LogP contribution in [-0.4, -0.2) is 39.0 Å². The van der Waals surface area contributed by atoms with Crippen LogP contribution in [0.15, 0.2) is 53.3 Å². The van der Waals surface area contributed by atoms with E-state index in [1.54, 1.807) is 24.3 Å². The summed E-state index contributed by atoms with van der Waals surface area (Å²) in [7, 11) is 0. The number of nitrogens with two attached hydrogens (primary N) is 1. The van der Waals surface area contributed by atoms with Crippen molar-refractivity contribution in [3.8, 4) is 0 Å². The molecule has 5 rings (SSSR count). The van der Waals surface area contributed by atoms with E-state index in [-0.39, 0.29) is 17.4 Å². The van der Waals surface area contributed by atoms with Crippen LogP contribution in [0, 0.1) is 0 Å². The number of carbonyl (C=O) groups excluding carboxylic acids is 1. The van der Waals surface area contributed by atoms with E-state index in [2.05, 4.69) is 22.1 Å². The smallest absolute Gasteiger partial charge is 0.294 e. The van der Waals surface area contributed by atoms with Gasteiger partial charge in [-0.2, -0.15) is 0 Å². The van der Waals surface area contributed by atoms with Gasteiger partial charge in [-0.3, -0.25) is 14.5 Å². The van der Waals surface area contributed by atoms with E-state index >= 15 is 0 Å². The summed E-state index contributed by atoms with van der Waals surface area (Å²) in [6.45, 7) is 3.33. The number of amides is 1. The van der Waals surface area contributed by atoms with Crippen molar-refractivity contribution in [1.82, 2.24) is 14.5 Å². The number of carbonyl (C=O) groups is 1. The molecular formula is C30H39N5O2. The lowest BCUT2D eigenvalue weighted by Gasteiger charge is -2.36. The van der Waals surface area contributed by atoms with Gasteiger partial charge in [-0.05, 0) is 69.8 Å². The molecule has 0 bridgehead atoms. The fraction of sp³-hybridized carbons (Fsp3) is 0.500. The Hall–Kier alpha value is -3.19. The van der Waals surface area contributed by atoms with E-state index in [4.69, 9.17) is 5.73 Å². The number of fused-ring (bicyclic) bond motifs is 1. The summed E-state index contributed by atoms with van der Waals surface area (Å²) in [5.41, 5.74) is 7.79. The summed E-state index contributed by atoms with van der Waals surface area (Å²) in [6.07, 6.45) is 12.7. The van der Waals surface area contributed by atoms with Crippen molar-refractivity contribution in [2.45, 2.75) is 89.3 Å². The lowest BCUT2D eigenvalue weighted by Crippen LogP contribution is -2.41. The zero-order valence-corrected chi connectivity index (χ0v) is 21.9. The van der Waals surface area contributed by atoms with Crippen LogP contribution >= 0.6 is 0 Å². The molecule has 0 spiro atoms. The fourth-order valence-electron chi connectivity index (χ4n) is 6.46. The maximum absolute atomic E-state index is 13.9. The van der Waals surface area contributed by atoms with Crippen LogP contribution < -0.4 is 16.6 Å². The molecule has 7 nitrogen and oxygen atoms in total. The van der Waals surface area contributed by atoms with Gasteiger partial charge < -0.3 is 15.6 Å². The van der Waals surface area contributed by atoms with Crippen molar-refractivity contribution in [2.24, 2.45) is 5.73 Å². The second-order valence-electron chi connectivity index (χ2n) is 10.8. The molecule has 7 heteroatoms. The molecule has 3 aromatic rings. The molecular weight excluding hydrogens is 462 g/mol. The number of nitrogens with zero attached hydrogens (tertiary/aromatic N) is 3. The molecule has 196 valence electrons. The Bertz CT molecular complexity index is 1290. The van der Waals surface area contributed by atoms with E-state index in [9.17, 15) is 9.59 Å². The monoisotopic (exact) mass is 501 g/mol. The van der Waals surface area contributed by atoms with Crippen molar-refractivity contribution < 1.29 is 4.79 Å². The molecule has 1 aromatic heterocycles. The average Bonchev–Trinajstić information content (AvgIpc) is 3.32. The molecule has 1 amide bonds. The molecule has 2 heterocycles. The lowest BCUT2D eigenvalue weighted by atomic mass is 9.94. The number of primary amides is 1. The molecule has 2 fully saturated rings. The first-order valence-electron chi connectivity index (χ1n) is 14.0. The molecule has 2 aliphatic rings. The molecule has 1 aliphatic carbocycles. The average molecular weight is 502 g/mol. The second kappa shape index (κ2) is 11.5. The van der Waals surface area contributed by atoms with Gasteiger partial charge >= 0.3 is 0 Å². The van der Waals surface area contributed by atoms with Crippen molar-refractivity contribution in [2.75, 3.05) is 11.9 Å². The van der Waals surface area contributed by atoms with Crippen molar-refractivity contribution in [3.63, 3.8) is 0 Å². The molecule has 37 heavy (non-hydrogen) atoms. The number of likely N-dealkylation sites (tertiary alicyclic amines) is 1. The van der Waals surface area contributed by atoms with Crippen LogP contribution in [0.5, 0.6) is 0 Å². The van der Waals surface area contributed by atoms with Gasteiger partial charge in [0.25, 0.3) is 11.5 Å². The highest BCUT2D eigenvalue weighted by atomic mass is 16.1. The van der Waals surface area contributed by atoms with E-state index in [1.807, 2.05) is 28.8 Å². The third kappa shape index (κ3) is 5.57. The minimum Gasteiger partial charge on any atom is -0.366 e. The molecule has 3 N–H and O–H groups in total. The highest BCUT2D eigenvalue weighted by molar-refractivity contribution is 5.99. The highest BCUT2D eigenvalue weighted by Crippen LogP contribution is 2.32. The number of hydrogen-bond donors (Lipinski definition) is 2. The van der Waals surface area contributed by atoms with Crippen molar-refractivity contribution >= 4 is 28.4 Å². The van der Waals surface area contributed by atoms with E-state index in [0.29, 0.717) is 23.3 Å². The molecule has 2 atom stereocenters. The Morgan fingerprint density at radius 2 is 1.70 bits per heavy atom. The summed E-state index contributed by atoms with van der Waals surface area (Å²) < 4.78 is 1.90. The zero-order valence-electron chi connectivity index (χ0n) is 21.9. The minimum absolute atomic E-state index is 0.00601. The van der Waals surface area contributed by atoms with Crippen LogP contribution in [0.3, 0.4) is 0 Å². The molecule has 1 saturated carbocycles. The van der Waals surface area contributed by atoms with Crippen LogP contribution in [0.25, 0.3) is 11.0 Å². The first kappa shape index (κ1) is 25.5. The van der Waals surface area contributed by atoms with Gasteiger partial charge in [0.2, 0.25) is 0 Å². The summed E-state index contributed by atoms with van der Waals surface area (Å²) >= 11 is 0. The van der Waals surface area contributed by atoms with Crippen LogP contribution in [-0.2, 0) is 0 Å². The Morgan fingerprint density at radius 1 is 1.00 bits per heavy atom. The van der Waals surface area contributed by atoms with Gasteiger partial charge in [0.1, 0.15) is 0 Å². The molecule has 1 saturated heterocycles. The normalized spacial score (nSPS) is 20.4. The number of benzene rings is 2. The SMILES string of the molecule is C[C@@H](C[C@@H]1CCCN1C1CCCCCCC1)n1c(=O)c(Nc2ccccc2C(N)=O)nc2ccccc21. The summed E-state index contributed by atoms with van der Waals surface area (Å²) in [5.74, 6) is -0.337. The third-order valence-electron chi connectivity index (χ3n) is 8.26. The Kier molecular flexibility index (Phi) is 7.89. The first-order valence-corrected chi connectivity index (χ1v) is 14.0. The Labute approximate surface area is 219 Å². The maximum atomic E-state index is 13.9. The number of hydrogen-bond acceptors (Lipinski definition) is 5. The maximum Gasteiger partial charge on any atom is 0.294 e. The largest absolute Gasteiger partial charge is 0.366 e. The standard InChI is InChI=1S/C30H39N5O2/c1-21(20-23-14-11-19-34(23)22-12-5-3-2-4-6-13-22)35-27-18-10-9-17-26(27)33-29(30(35)37)32-25-16-8-7-15-24(25)28(31)36/h7-10,15-18,21-23H,2-6,11-14,19-20H2,1H3,(H2,31,36)(H,32,33)/t21-,23-/m0/s1. The van der Waals surface area contributed by atoms with Crippen molar-refractivity contribution in [3.05, 3.63) is 64.4 Å². The minimum atomic E-state index is -0.548. The zero-order chi connectivity index (χ0) is 25.8. The van der Waals surface area contributed by atoms with Gasteiger partial charge in [-0.25, -0.2) is 4.98 Å². The van der Waals surface area contributed by atoms with Crippen molar-refractivity contribution in [1.29, 1.82) is 0 Å². The number of aromatic nitrogens is 2. The summed E-state index contributed by atoms with van der Waals surface area (Å²) in [4.78, 5) is 33.2. The Balaban J connectivity index is 1.45. The van der Waals surface area contributed by atoms with Crippen LogP contribution in [0.2, 0.25) is 0 Å². The van der Waals surface area contributed by atoms with E-state index in [0.717, 1.165) is 17.5 Å². The topological polar surface area (TPSA) is 93.3 Å². The predicted octanol–water partition coefficient (Wildman–Crippen LogP) is 5.77. The van der Waals surface area contributed by atoms with Gasteiger partial charge in [-0.15, -0.1) is 0 Å². The quantitative estimate of drug-likeness (QED) is 0.429. The third-order valence-corrected chi connectivity index (χ3v) is 8.26. The fourth-order valence-corrected chi connectivity index (χ4v) is 6.46. The number of para-hydroxylation sites is 3. The van der Waals surface area contributed by atoms with Gasteiger partial charge in [0.05, 0.1) is 22.3 Å². The van der Waals surface area contributed by atoms with E-state index in [1.165, 1.54) is 64.3 Å².